The van der Waals surface area contributed by atoms with Crippen molar-refractivity contribution in [3.63, 3.8) is 0 Å². The first-order chi connectivity index (χ1) is 9.35. The molecule has 1 unspecified atom stereocenters. The molecule has 20 heavy (non-hydrogen) atoms. The van der Waals surface area contributed by atoms with E-state index in [0.29, 0.717) is 5.75 Å². The fraction of sp³-hybridized carbons (Fsp3) is 0.462. The predicted molar refractivity (Wildman–Crippen MR) is 76.0 cm³/mol. The third kappa shape index (κ3) is 4.11. The quantitative estimate of drug-likeness (QED) is 0.614. The Morgan fingerprint density at radius 3 is 2.50 bits per heavy atom. The van der Waals surface area contributed by atoms with E-state index in [-0.39, 0.29) is 23.3 Å². The van der Waals surface area contributed by atoms with Crippen LogP contribution in [-0.2, 0) is 4.79 Å². The zero-order chi connectivity index (χ0) is 15.3. The highest BCUT2D eigenvalue weighted by atomic mass is 16.6. The molecule has 1 aromatic rings. The summed E-state index contributed by atoms with van der Waals surface area (Å²) in [5.74, 6) is 0.173. The normalized spacial score (nSPS) is 11.8. The molecule has 0 spiro atoms. The zero-order valence-electron chi connectivity index (χ0n) is 12.0. The molecule has 0 bridgehead atoms. The van der Waals surface area contributed by atoms with Gasteiger partial charge in [-0.1, -0.05) is 0 Å². The maximum atomic E-state index is 11.8. The van der Waals surface area contributed by atoms with Crippen LogP contribution in [0.4, 0.5) is 11.4 Å². The number of hydrogen-bond donors (Lipinski definition) is 2. The Morgan fingerprint density at radius 1 is 1.35 bits per heavy atom. The Kier molecular flexibility index (Phi) is 5.31. The molecular formula is C13H19N3O4. The van der Waals surface area contributed by atoms with Crippen LogP contribution in [0.1, 0.15) is 20.8 Å². The first kappa shape index (κ1) is 15.7. The van der Waals surface area contributed by atoms with E-state index in [9.17, 15) is 14.9 Å². The third-order valence-electron chi connectivity index (χ3n) is 2.60. The molecule has 7 nitrogen and oxygen atoms in total. The maximum Gasteiger partial charge on any atom is 0.296 e. The molecule has 0 aliphatic heterocycles. The molecule has 0 saturated heterocycles. The molecule has 0 aliphatic rings. The van der Waals surface area contributed by atoms with Gasteiger partial charge in [0, 0.05) is 6.04 Å². The van der Waals surface area contributed by atoms with Gasteiger partial charge in [0.25, 0.3) is 5.69 Å². The van der Waals surface area contributed by atoms with Crippen molar-refractivity contribution in [3.8, 4) is 5.75 Å². The smallest absolute Gasteiger partial charge is 0.296 e. The number of nitrogens with zero attached hydrogens (tertiary/aromatic N) is 1. The van der Waals surface area contributed by atoms with Crippen LogP contribution in [0.15, 0.2) is 18.2 Å². The van der Waals surface area contributed by atoms with E-state index in [1.165, 1.54) is 19.2 Å². The highest BCUT2D eigenvalue weighted by Crippen LogP contribution is 2.29. The molecular weight excluding hydrogens is 262 g/mol. The van der Waals surface area contributed by atoms with E-state index < -0.39 is 11.0 Å². The SMILES string of the molecule is COc1ccc(NC(C)C(=O)NC(C)C)c([N+](=O)[O-])c1. The lowest BCUT2D eigenvalue weighted by Gasteiger charge is -2.17. The lowest BCUT2D eigenvalue weighted by atomic mass is 10.2. The monoisotopic (exact) mass is 281 g/mol. The molecule has 1 atom stereocenters. The summed E-state index contributed by atoms with van der Waals surface area (Å²) in [5, 5.41) is 16.6. The molecule has 1 rings (SSSR count). The first-order valence-electron chi connectivity index (χ1n) is 6.24. The van der Waals surface area contributed by atoms with Crippen LogP contribution in [-0.4, -0.2) is 30.0 Å². The number of nitro benzene ring substituents is 1. The van der Waals surface area contributed by atoms with Crippen molar-refractivity contribution in [2.45, 2.75) is 32.9 Å². The maximum absolute atomic E-state index is 11.8. The number of nitro groups is 1. The average molecular weight is 281 g/mol. The van der Waals surface area contributed by atoms with Gasteiger partial charge in [-0.05, 0) is 32.9 Å². The van der Waals surface area contributed by atoms with Crippen LogP contribution < -0.4 is 15.4 Å². The number of benzene rings is 1. The van der Waals surface area contributed by atoms with Crippen LogP contribution in [0.25, 0.3) is 0 Å². The topological polar surface area (TPSA) is 93.5 Å². The van der Waals surface area contributed by atoms with E-state index >= 15 is 0 Å². The van der Waals surface area contributed by atoms with Crippen molar-refractivity contribution < 1.29 is 14.5 Å². The molecule has 0 fully saturated rings. The predicted octanol–water partition coefficient (Wildman–Crippen LogP) is 1.93. The number of hydrogen-bond acceptors (Lipinski definition) is 5. The summed E-state index contributed by atoms with van der Waals surface area (Å²) >= 11 is 0. The number of carbonyl (C=O) groups excluding carboxylic acids is 1. The van der Waals surface area contributed by atoms with Gasteiger partial charge in [-0.3, -0.25) is 14.9 Å². The molecule has 1 aromatic carbocycles. The minimum absolute atomic E-state index is 0.0117. The van der Waals surface area contributed by atoms with Crippen molar-refractivity contribution in [1.29, 1.82) is 0 Å². The molecule has 7 heteroatoms. The Bertz CT molecular complexity index is 502. The van der Waals surface area contributed by atoms with Gasteiger partial charge >= 0.3 is 0 Å². The number of ether oxygens (including phenoxy) is 1. The summed E-state index contributed by atoms with van der Waals surface area (Å²) in [4.78, 5) is 22.3. The Morgan fingerprint density at radius 2 is 2.00 bits per heavy atom. The summed E-state index contributed by atoms with van der Waals surface area (Å²) in [6.07, 6.45) is 0. The molecule has 0 aromatic heterocycles. The van der Waals surface area contributed by atoms with E-state index in [1.807, 2.05) is 13.8 Å². The van der Waals surface area contributed by atoms with Crippen molar-refractivity contribution in [3.05, 3.63) is 28.3 Å². The molecule has 0 heterocycles. The highest BCUT2D eigenvalue weighted by Gasteiger charge is 2.20. The van der Waals surface area contributed by atoms with Crippen LogP contribution in [0.5, 0.6) is 5.75 Å². The van der Waals surface area contributed by atoms with Crippen LogP contribution in [0.2, 0.25) is 0 Å². The van der Waals surface area contributed by atoms with Gasteiger partial charge in [0.15, 0.2) is 0 Å². The largest absolute Gasteiger partial charge is 0.496 e. The number of carbonyl (C=O) groups is 1. The van der Waals surface area contributed by atoms with Crippen molar-refractivity contribution in [1.82, 2.24) is 5.32 Å². The van der Waals surface area contributed by atoms with Gasteiger partial charge in [0.1, 0.15) is 17.5 Å². The summed E-state index contributed by atoms with van der Waals surface area (Å²) in [6, 6.07) is 3.87. The number of methoxy groups -OCH3 is 1. The summed E-state index contributed by atoms with van der Waals surface area (Å²) < 4.78 is 4.95. The van der Waals surface area contributed by atoms with E-state index in [4.69, 9.17) is 4.74 Å². The highest BCUT2D eigenvalue weighted by molar-refractivity contribution is 5.85. The molecule has 1 amide bonds. The number of rotatable bonds is 6. The zero-order valence-corrected chi connectivity index (χ0v) is 12.0. The van der Waals surface area contributed by atoms with Gasteiger partial charge in [0.05, 0.1) is 18.1 Å². The number of anilines is 1. The van der Waals surface area contributed by atoms with Crippen LogP contribution in [0.3, 0.4) is 0 Å². The summed E-state index contributed by atoms with van der Waals surface area (Å²) in [6.45, 7) is 5.34. The standard InChI is InChI=1S/C13H19N3O4/c1-8(2)14-13(17)9(3)15-11-6-5-10(20-4)7-12(11)16(18)19/h5-9,15H,1-4H3,(H,14,17). The third-order valence-corrected chi connectivity index (χ3v) is 2.60. The first-order valence-corrected chi connectivity index (χ1v) is 6.24. The number of nitrogens with one attached hydrogen (secondary N) is 2. The van der Waals surface area contributed by atoms with Crippen molar-refractivity contribution >= 4 is 17.3 Å². The van der Waals surface area contributed by atoms with Gasteiger partial charge in [-0.25, -0.2) is 0 Å². The van der Waals surface area contributed by atoms with Gasteiger partial charge in [0.2, 0.25) is 5.91 Å². The number of amides is 1. The minimum Gasteiger partial charge on any atom is -0.496 e. The fourth-order valence-corrected chi connectivity index (χ4v) is 1.62. The van der Waals surface area contributed by atoms with Crippen molar-refractivity contribution in [2.24, 2.45) is 0 Å². The Hall–Kier alpha value is -2.31. The second-order valence-electron chi connectivity index (χ2n) is 4.67. The lowest BCUT2D eigenvalue weighted by Crippen LogP contribution is -2.41. The average Bonchev–Trinajstić information content (AvgIpc) is 2.37. The molecule has 0 radical (unpaired) electrons. The molecule has 0 aliphatic carbocycles. The van der Waals surface area contributed by atoms with E-state index in [2.05, 4.69) is 10.6 Å². The molecule has 2 N–H and O–H groups in total. The molecule has 0 saturated carbocycles. The van der Waals surface area contributed by atoms with Gasteiger partial charge in [-0.2, -0.15) is 0 Å². The van der Waals surface area contributed by atoms with E-state index in [0.717, 1.165) is 0 Å². The fourth-order valence-electron chi connectivity index (χ4n) is 1.62. The van der Waals surface area contributed by atoms with Crippen LogP contribution in [0, 0.1) is 10.1 Å². The molecule has 110 valence electrons. The summed E-state index contributed by atoms with van der Waals surface area (Å²) in [7, 11) is 1.44. The van der Waals surface area contributed by atoms with Crippen molar-refractivity contribution in [2.75, 3.05) is 12.4 Å². The minimum atomic E-state index is -0.579. The lowest BCUT2D eigenvalue weighted by molar-refractivity contribution is -0.384. The van der Waals surface area contributed by atoms with Gasteiger partial charge in [-0.15, -0.1) is 0 Å². The van der Waals surface area contributed by atoms with Gasteiger partial charge < -0.3 is 15.4 Å². The Balaban J connectivity index is 2.91. The van der Waals surface area contributed by atoms with E-state index in [1.54, 1.807) is 13.0 Å². The van der Waals surface area contributed by atoms with Crippen LogP contribution >= 0.6 is 0 Å². The second-order valence-corrected chi connectivity index (χ2v) is 4.67. The summed E-state index contributed by atoms with van der Waals surface area (Å²) in [5.41, 5.74) is 0.149. The second kappa shape index (κ2) is 6.74. The Labute approximate surface area is 117 Å².